The van der Waals surface area contributed by atoms with E-state index in [2.05, 4.69) is 54.8 Å². The van der Waals surface area contributed by atoms with E-state index in [9.17, 15) is 12.8 Å². The number of anilines is 1. The molecular formula is C37H48FN7O3S. The van der Waals surface area contributed by atoms with Crippen LogP contribution in [0.1, 0.15) is 70.3 Å². The largest absolute Gasteiger partial charge is 0.434 e. The molecule has 262 valence electrons. The van der Waals surface area contributed by atoms with Crippen LogP contribution in [0.5, 0.6) is 11.6 Å². The lowest BCUT2D eigenvalue weighted by molar-refractivity contribution is -0.0813. The first-order valence-electron chi connectivity index (χ1n) is 18.1. The van der Waals surface area contributed by atoms with Gasteiger partial charge in [0.15, 0.2) is 5.82 Å². The molecule has 2 saturated carbocycles. The van der Waals surface area contributed by atoms with E-state index < -0.39 is 9.84 Å². The van der Waals surface area contributed by atoms with Gasteiger partial charge in [0.25, 0.3) is 5.88 Å². The minimum absolute atomic E-state index is 0.167. The first-order chi connectivity index (χ1) is 23.6. The van der Waals surface area contributed by atoms with Crippen LogP contribution in [0.4, 0.5) is 10.2 Å². The van der Waals surface area contributed by atoms with E-state index in [-0.39, 0.29) is 16.5 Å². The average molecular weight is 690 g/mol. The Morgan fingerprint density at radius 3 is 2.49 bits per heavy atom. The van der Waals surface area contributed by atoms with E-state index in [1.54, 1.807) is 12.3 Å². The van der Waals surface area contributed by atoms with Gasteiger partial charge >= 0.3 is 0 Å². The summed E-state index contributed by atoms with van der Waals surface area (Å²) >= 11 is 0. The fourth-order valence-corrected chi connectivity index (χ4v) is 10.4. The van der Waals surface area contributed by atoms with E-state index in [0.717, 1.165) is 82.6 Å². The number of pyridine rings is 1. The molecule has 3 aromatic rings. The molecule has 0 amide bonds. The zero-order valence-corrected chi connectivity index (χ0v) is 29.7. The van der Waals surface area contributed by atoms with E-state index in [4.69, 9.17) is 4.74 Å². The number of likely N-dealkylation sites (tertiary alicyclic amines) is 2. The third kappa shape index (κ3) is 6.56. The zero-order chi connectivity index (χ0) is 33.9. The van der Waals surface area contributed by atoms with Gasteiger partial charge < -0.3 is 14.5 Å². The monoisotopic (exact) mass is 689 g/mol. The molecular weight excluding hydrogens is 642 g/mol. The molecule has 3 aliphatic heterocycles. The highest BCUT2D eigenvalue weighted by Gasteiger charge is 2.53. The van der Waals surface area contributed by atoms with Crippen LogP contribution < -0.4 is 9.64 Å². The summed E-state index contributed by atoms with van der Waals surface area (Å²) in [6.07, 6.45) is 11.9. The standard InChI is InChI=1S/C37H48FN7O3S/c1-24(2)34(26-17-28(18-26)43-14-10-29(11-15-43)49(3,46)47)45-21-37(22-45)12-16-44(20-37)35-36(42-41-23-40-35)48-32-9-8-27(38)19-31(32)33-30(25-6-7-25)5-4-13-39-33/h4-5,8-9,13,19,23-26,28-29,34H,6-7,10-12,14-18,20-22H2,1-3H3/t26?,28?,34-/m0/s1. The molecule has 5 aliphatic rings. The molecule has 3 saturated heterocycles. The van der Waals surface area contributed by atoms with Crippen molar-refractivity contribution in [3.05, 3.63) is 54.2 Å². The molecule has 1 aromatic carbocycles. The van der Waals surface area contributed by atoms with Gasteiger partial charge in [-0.25, -0.2) is 17.8 Å². The molecule has 2 aromatic heterocycles. The Morgan fingerprint density at radius 2 is 1.78 bits per heavy atom. The number of benzene rings is 1. The van der Waals surface area contributed by atoms with Gasteiger partial charge in [0, 0.05) is 61.7 Å². The average Bonchev–Trinajstić information content (AvgIpc) is 3.80. The van der Waals surface area contributed by atoms with Crippen molar-refractivity contribution >= 4 is 15.7 Å². The summed E-state index contributed by atoms with van der Waals surface area (Å²) in [6, 6.07) is 9.73. The van der Waals surface area contributed by atoms with Crippen LogP contribution in [0.25, 0.3) is 11.3 Å². The number of nitrogens with zero attached hydrogens (tertiary/aromatic N) is 7. The molecule has 0 unspecified atom stereocenters. The summed E-state index contributed by atoms with van der Waals surface area (Å²) in [5.41, 5.74) is 2.70. The second kappa shape index (κ2) is 12.8. The lowest BCUT2D eigenvalue weighted by Gasteiger charge is -2.58. The summed E-state index contributed by atoms with van der Waals surface area (Å²) in [7, 11) is -2.94. The van der Waals surface area contributed by atoms with Gasteiger partial charge in [-0.05, 0) is 106 Å². The highest BCUT2D eigenvalue weighted by atomic mass is 32.2. The summed E-state index contributed by atoms with van der Waals surface area (Å²) in [5, 5.41) is 8.27. The number of piperidine rings is 1. The first-order valence-corrected chi connectivity index (χ1v) is 20.0. The lowest BCUT2D eigenvalue weighted by Crippen LogP contribution is -2.65. The lowest BCUT2D eigenvalue weighted by atomic mass is 9.68. The third-order valence-corrected chi connectivity index (χ3v) is 13.7. The number of rotatable bonds is 10. The van der Waals surface area contributed by atoms with Crippen LogP contribution in [0, 0.1) is 23.1 Å². The van der Waals surface area contributed by atoms with E-state index in [1.807, 2.05) is 6.07 Å². The molecule has 1 atom stereocenters. The summed E-state index contributed by atoms with van der Waals surface area (Å²) in [4.78, 5) is 16.8. The smallest absolute Gasteiger partial charge is 0.282 e. The Bertz CT molecular complexity index is 1780. The summed E-state index contributed by atoms with van der Waals surface area (Å²) < 4.78 is 45.1. The van der Waals surface area contributed by atoms with Crippen LogP contribution in [0.3, 0.4) is 0 Å². The Morgan fingerprint density at radius 1 is 1.00 bits per heavy atom. The number of sulfone groups is 1. The van der Waals surface area contributed by atoms with Crippen LogP contribution in [0.2, 0.25) is 0 Å². The van der Waals surface area contributed by atoms with Crippen LogP contribution in [-0.2, 0) is 9.84 Å². The SMILES string of the molecule is CC(C)[C@@H](C1CC(N2CCC(S(C)(=O)=O)CC2)C1)N1CC2(CCN(c3ncnnc3Oc3ccc(F)cc3-c3ncccc3C3CC3)C2)C1. The molecule has 0 radical (unpaired) electrons. The van der Waals surface area contributed by atoms with Gasteiger partial charge in [0.1, 0.15) is 27.7 Å². The number of hydrogen-bond acceptors (Lipinski definition) is 10. The van der Waals surface area contributed by atoms with Gasteiger partial charge in [-0.3, -0.25) is 9.88 Å². The van der Waals surface area contributed by atoms with Crippen molar-refractivity contribution in [1.29, 1.82) is 0 Å². The second-order valence-corrected chi connectivity index (χ2v) is 18.1. The van der Waals surface area contributed by atoms with Crippen LogP contribution >= 0.6 is 0 Å². The molecule has 0 bridgehead atoms. The van der Waals surface area contributed by atoms with Crippen molar-refractivity contribution in [3.63, 3.8) is 0 Å². The maximum Gasteiger partial charge on any atom is 0.282 e. The fraction of sp³-hybridized carbons (Fsp3) is 0.622. The molecule has 12 heteroatoms. The van der Waals surface area contributed by atoms with Crippen molar-refractivity contribution in [2.45, 2.75) is 82.0 Å². The number of aromatic nitrogens is 4. The molecule has 0 N–H and O–H groups in total. The topological polar surface area (TPSA) is 105 Å². The molecule has 10 nitrogen and oxygen atoms in total. The van der Waals surface area contributed by atoms with Gasteiger partial charge in [-0.1, -0.05) is 19.9 Å². The number of hydrogen-bond donors (Lipinski definition) is 0. The van der Waals surface area contributed by atoms with Crippen molar-refractivity contribution in [3.8, 4) is 22.9 Å². The highest BCUT2D eigenvalue weighted by Crippen LogP contribution is 2.49. The van der Waals surface area contributed by atoms with E-state index in [1.165, 1.54) is 37.6 Å². The van der Waals surface area contributed by atoms with E-state index >= 15 is 0 Å². The van der Waals surface area contributed by atoms with Gasteiger partial charge in [0.2, 0.25) is 0 Å². The summed E-state index contributed by atoms with van der Waals surface area (Å²) in [5.74, 6) is 2.86. The van der Waals surface area contributed by atoms with Crippen LogP contribution in [-0.4, -0.2) is 101 Å². The predicted octanol–water partition coefficient (Wildman–Crippen LogP) is 5.57. The van der Waals surface area contributed by atoms with Gasteiger partial charge in [0.05, 0.1) is 10.9 Å². The molecule has 5 fully saturated rings. The normalized spacial score (nSPS) is 25.4. The van der Waals surface area contributed by atoms with Crippen molar-refractivity contribution < 1.29 is 17.5 Å². The fourth-order valence-electron chi connectivity index (χ4n) is 9.33. The van der Waals surface area contributed by atoms with Crippen molar-refractivity contribution in [2.75, 3.05) is 50.4 Å². The predicted molar refractivity (Wildman–Crippen MR) is 187 cm³/mol. The maximum atomic E-state index is 14.6. The Hall–Kier alpha value is -3.22. The first kappa shape index (κ1) is 33.0. The molecule has 2 aliphatic carbocycles. The summed E-state index contributed by atoms with van der Waals surface area (Å²) in [6.45, 7) is 10.4. The second-order valence-electron chi connectivity index (χ2n) is 15.8. The van der Waals surface area contributed by atoms with Crippen molar-refractivity contribution in [2.24, 2.45) is 17.3 Å². The molecule has 8 rings (SSSR count). The molecule has 49 heavy (non-hydrogen) atoms. The zero-order valence-electron chi connectivity index (χ0n) is 28.8. The quantitative estimate of drug-likeness (QED) is 0.269. The highest BCUT2D eigenvalue weighted by molar-refractivity contribution is 7.91. The maximum absolute atomic E-state index is 14.6. The Kier molecular flexibility index (Phi) is 8.63. The van der Waals surface area contributed by atoms with Gasteiger partial charge in [-0.2, -0.15) is 0 Å². The molecule has 1 spiro atoms. The Balaban J connectivity index is 0.916. The number of ether oxygens (including phenoxy) is 1. The third-order valence-electron chi connectivity index (χ3n) is 12.0. The number of halogens is 1. The van der Waals surface area contributed by atoms with Crippen LogP contribution in [0.15, 0.2) is 42.9 Å². The van der Waals surface area contributed by atoms with E-state index in [0.29, 0.717) is 52.8 Å². The van der Waals surface area contributed by atoms with Crippen molar-refractivity contribution in [1.82, 2.24) is 30.0 Å². The molecule has 5 heterocycles. The minimum Gasteiger partial charge on any atom is -0.434 e. The Labute approximate surface area is 289 Å². The minimum atomic E-state index is -2.94. The van der Waals surface area contributed by atoms with Gasteiger partial charge in [-0.15, -0.1) is 10.2 Å².